The maximum absolute atomic E-state index is 5.58. The second-order valence-electron chi connectivity index (χ2n) is 4.00. The molecule has 16 heavy (non-hydrogen) atoms. The molecule has 0 bridgehead atoms. The summed E-state index contributed by atoms with van der Waals surface area (Å²) in [7, 11) is 2.08. The Kier molecular flexibility index (Phi) is 3.06. The van der Waals surface area contributed by atoms with Crippen LogP contribution < -0.4 is 5.73 Å². The van der Waals surface area contributed by atoms with Gasteiger partial charge in [-0.3, -0.25) is 4.98 Å². The molecule has 0 spiro atoms. The Balaban J connectivity index is 2.45. The molecular weight excluding hydrogens is 198 g/mol. The zero-order valence-electron chi connectivity index (χ0n) is 9.77. The van der Waals surface area contributed by atoms with Crippen LogP contribution in [0.15, 0.2) is 30.6 Å². The third kappa shape index (κ3) is 1.86. The summed E-state index contributed by atoms with van der Waals surface area (Å²) >= 11 is 0. The summed E-state index contributed by atoms with van der Waals surface area (Å²) in [6.45, 7) is 2.79. The number of nitrogens with zero attached hydrogens (tertiary/aromatic N) is 2. The smallest absolute Gasteiger partial charge is 0.0498 e. The first-order valence-electron chi connectivity index (χ1n) is 5.49. The van der Waals surface area contributed by atoms with Gasteiger partial charge in [-0.15, -0.1) is 0 Å². The molecule has 0 aliphatic heterocycles. The molecule has 3 heteroatoms. The second-order valence-corrected chi connectivity index (χ2v) is 4.00. The Labute approximate surface area is 95.9 Å². The van der Waals surface area contributed by atoms with Crippen molar-refractivity contribution in [2.75, 3.05) is 6.54 Å². The minimum absolute atomic E-state index is 0.684. The van der Waals surface area contributed by atoms with Crippen molar-refractivity contribution in [1.82, 2.24) is 9.55 Å². The summed E-state index contributed by atoms with van der Waals surface area (Å²) in [5.74, 6) is 0. The van der Waals surface area contributed by atoms with Crippen LogP contribution in [0.1, 0.15) is 11.3 Å². The molecule has 0 saturated heterocycles. The van der Waals surface area contributed by atoms with Crippen molar-refractivity contribution >= 4 is 0 Å². The first-order valence-corrected chi connectivity index (χ1v) is 5.49. The maximum Gasteiger partial charge on any atom is 0.0498 e. The van der Waals surface area contributed by atoms with Crippen molar-refractivity contribution in [3.63, 3.8) is 0 Å². The van der Waals surface area contributed by atoms with Crippen molar-refractivity contribution < 1.29 is 0 Å². The first kappa shape index (κ1) is 10.9. The van der Waals surface area contributed by atoms with Crippen LogP contribution in [0, 0.1) is 6.92 Å². The zero-order chi connectivity index (χ0) is 11.5. The Morgan fingerprint density at radius 3 is 2.81 bits per heavy atom. The molecule has 0 radical (unpaired) electrons. The lowest BCUT2D eigenvalue weighted by Gasteiger charge is -2.09. The molecular formula is C13H17N3. The van der Waals surface area contributed by atoms with Crippen LogP contribution in [0.4, 0.5) is 0 Å². The van der Waals surface area contributed by atoms with E-state index >= 15 is 0 Å². The van der Waals surface area contributed by atoms with Gasteiger partial charge in [-0.25, -0.2) is 0 Å². The van der Waals surface area contributed by atoms with Gasteiger partial charge >= 0.3 is 0 Å². The van der Waals surface area contributed by atoms with Gasteiger partial charge in [0.15, 0.2) is 0 Å². The van der Waals surface area contributed by atoms with Crippen LogP contribution in [0.25, 0.3) is 11.3 Å². The van der Waals surface area contributed by atoms with Crippen molar-refractivity contribution in [1.29, 1.82) is 0 Å². The molecule has 2 aromatic heterocycles. The molecule has 0 unspecified atom stereocenters. The largest absolute Gasteiger partial charge is 0.348 e. The van der Waals surface area contributed by atoms with E-state index in [9.17, 15) is 0 Å². The lowest BCUT2D eigenvalue weighted by atomic mass is 10.1. The second kappa shape index (κ2) is 4.49. The zero-order valence-corrected chi connectivity index (χ0v) is 9.77. The van der Waals surface area contributed by atoms with Crippen LogP contribution in [0.3, 0.4) is 0 Å². The Hall–Kier alpha value is -1.61. The normalized spacial score (nSPS) is 10.7. The number of hydrogen-bond donors (Lipinski definition) is 1. The van der Waals surface area contributed by atoms with E-state index in [2.05, 4.69) is 35.7 Å². The predicted molar refractivity (Wildman–Crippen MR) is 66.1 cm³/mol. The summed E-state index contributed by atoms with van der Waals surface area (Å²) in [5, 5.41) is 0. The quantitative estimate of drug-likeness (QED) is 0.849. The maximum atomic E-state index is 5.58. The number of hydrogen-bond acceptors (Lipinski definition) is 2. The van der Waals surface area contributed by atoms with Gasteiger partial charge in [-0.05, 0) is 43.7 Å². The van der Waals surface area contributed by atoms with Gasteiger partial charge in [-0.1, -0.05) is 0 Å². The molecule has 2 rings (SSSR count). The third-order valence-electron chi connectivity index (χ3n) is 2.94. The average molecular weight is 215 g/mol. The van der Waals surface area contributed by atoms with Gasteiger partial charge in [0.1, 0.15) is 0 Å². The highest BCUT2D eigenvalue weighted by atomic mass is 15.0. The summed E-state index contributed by atoms with van der Waals surface area (Å²) in [6, 6.07) is 6.30. The minimum Gasteiger partial charge on any atom is -0.348 e. The SMILES string of the molecule is Cc1ccncc1-c1ccc(CCN)n1C. The standard InChI is InChI=1S/C13H17N3/c1-10-6-8-15-9-12(10)13-4-3-11(5-7-14)16(13)2/h3-4,6,8-9H,5,7,14H2,1-2H3. The van der Waals surface area contributed by atoms with E-state index in [4.69, 9.17) is 5.73 Å². The predicted octanol–water partition coefficient (Wildman–Crippen LogP) is 1.90. The Bertz CT molecular complexity index is 486. The Morgan fingerprint density at radius 1 is 1.31 bits per heavy atom. The number of nitrogens with two attached hydrogens (primary N) is 1. The highest BCUT2D eigenvalue weighted by Crippen LogP contribution is 2.23. The van der Waals surface area contributed by atoms with Crippen molar-refractivity contribution in [3.8, 4) is 11.3 Å². The van der Waals surface area contributed by atoms with Crippen LogP contribution in [0.2, 0.25) is 0 Å². The molecule has 0 aliphatic carbocycles. The van der Waals surface area contributed by atoms with Gasteiger partial charge in [0.2, 0.25) is 0 Å². The molecule has 0 aliphatic rings. The van der Waals surface area contributed by atoms with Crippen molar-refractivity contribution in [2.45, 2.75) is 13.3 Å². The fourth-order valence-corrected chi connectivity index (χ4v) is 1.95. The summed E-state index contributed by atoms with van der Waals surface area (Å²) in [4.78, 5) is 4.18. The monoisotopic (exact) mass is 215 g/mol. The number of pyridine rings is 1. The first-order chi connectivity index (χ1) is 7.74. The Morgan fingerprint density at radius 2 is 2.12 bits per heavy atom. The lowest BCUT2D eigenvalue weighted by molar-refractivity contribution is 0.812. The number of aryl methyl sites for hydroxylation is 1. The van der Waals surface area contributed by atoms with E-state index in [0.717, 1.165) is 6.42 Å². The highest BCUT2D eigenvalue weighted by Gasteiger charge is 2.08. The summed E-state index contributed by atoms with van der Waals surface area (Å²) in [5.41, 5.74) is 10.5. The van der Waals surface area contributed by atoms with E-state index in [1.165, 1.54) is 22.5 Å². The minimum atomic E-state index is 0.684. The van der Waals surface area contributed by atoms with Crippen LogP contribution in [0.5, 0.6) is 0 Å². The molecule has 0 saturated carbocycles. The summed E-state index contributed by atoms with van der Waals surface area (Å²) in [6.07, 6.45) is 4.65. The number of aromatic nitrogens is 2. The van der Waals surface area contributed by atoms with Gasteiger partial charge in [0.25, 0.3) is 0 Å². The fraction of sp³-hybridized carbons (Fsp3) is 0.308. The molecule has 84 valence electrons. The van der Waals surface area contributed by atoms with Crippen molar-refractivity contribution in [2.24, 2.45) is 12.8 Å². The van der Waals surface area contributed by atoms with Crippen LogP contribution in [-0.2, 0) is 13.5 Å². The van der Waals surface area contributed by atoms with E-state index in [1.807, 2.05) is 18.5 Å². The van der Waals surface area contributed by atoms with E-state index in [0.29, 0.717) is 6.54 Å². The van der Waals surface area contributed by atoms with E-state index < -0.39 is 0 Å². The van der Waals surface area contributed by atoms with Crippen LogP contribution in [-0.4, -0.2) is 16.1 Å². The molecule has 0 amide bonds. The molecule has 2 N–H and O–H groups in total. The molecule has 0 atom stereocenters. The molecule has 0 fully saturated rings. The van der Waals surface area contributed by atoms with Gasteiger partial charge in [0.05, 0.1) is 0 Å². The molecule has 2 heterocycles. The van der Waals surface area contributed by atoms with E-state index in [1.54, 1.807) is 0 Å². The van der Waals surface area contributed by atoms with Crippen molar-refractivity contribution in [3.05, 3.63) is 41.9 Å². The molecule has 3 nitrogen and oxygen atoms in total. The van der Waals surface area contributed by atoms with Crippen LogP contribution >= 0.6 is 0 Å². The topological polar surface area (TPSA) is 43.8 Å². The van der Waals surface area contributed by atoms with Gasteiger partial charge in [0, 0.05) is 36.4 Å². The number of rotatable bonds is 3. The fourth-order valence-electron chi connectivity index (χ4n) is 1.95. The lowest BCUT2D eigenvalue weighted by Crippen LogP contribution is -2.07. The third-order valence-corrected chi connectivity index (χ3v) is 2.94. The van der Waals surface area contributed by atoms with Gasteiger partial charge in [-0.2, -0.15) is 0 Å². The van der Waals surface area contributed by atoms with Gasteiger partial charge < -0.3 is 10.3 Å². The molecule has 2 aromatic rings. The molecule has 0 aromatic carbocycles. The highest BCUT2D eigenvalue weighted by molar-refractivity contribution is 5.63. The van der Waals surface area contributed by atoms with E-state index in [-0.39, 0.29) is 0 Å². The summed E-state index contributed by atoms with van der Waals surface area (Å²) < 4.78 is 2.19. The average Bonchev–Trinajstić information content (AvgIpc) is 2.62.